The molecule has 2 saturated heterocycles. The topological polar surface area (TPSA) is 58.4 Å². The minimum absolute atomic E-state index is 0.119. The van der Waals surface area contributed by atoms with Crippen molar-refractivity contribution in [2.75, 3.05) is 26.2 Å². The van der Waals surface area contributed by atoms with Gasteiger partial charge in [0.05, 0.1) is 0 Å². The lowest BCUT2D eigenvalue weighted by Crippen LogP contribution is -2.53. The van der Waals surface area contributed by atoms with E-state index >= 15 is 0 Å². The van der Waals surface area contributed by atoms with E-state index < -0.39 is 0 Å². The standard InChI is InChI=1S/C23H28N4O2/c1-16(28)25-9-6-20(7-10-25)26-13-17-11-19(15-26)22-5-4-21(23(29)27(22)14-17)18-3-2-8-24-12-18/h2-5,8,12,17,19-20H,6-7,9-11,13-15H2,1H3/t17-,19-/m1/s1. The molecule has 3 aliphatic rings. The van der Waals surface area contributed by atoms with Crippen LogP contribution in [0.5, 0.6) is 0 Å². The molecule has 0 aromatic carbocycles. The molecule has 0 unspecified atom stereocenters. The van der Waals surface area contributed by atoms with Gasteiger partial charge in [0.2, 0.25) is 5.91 Å². The molecule has 2 bridgehead atoms. The van der Waals surface area contributed by atoms with E-state index in [0.29, 0.717) is 17.9 Å². The zero-order valence-corrected chi connectivity index (χ0v) is 17.0. The highest BCUT2D eigenvalue weighted by Crippen LogP contribution is 2.37. The fourth-order valence-electron chi connectivity index (χ4n) is 5.57. The number of carbonyl (C=O) groups is 1. The number of aromatic nitrogens is 2. The predicted molar refractivity (Wildman–Crippen MR) is 112 cm³/mol. The Labute approximate surface area is 171 Å². The summed E-state index contributed by atoms with van der Waals surface area (Å²) in [7, 11) is 0. The van der Waals surface area contributed by atoms with Crippen LogP contribution in [0.25, 0.3) is 11.1 Å². The van der Waals surface area contributed by atoms with Gasteiger partial charge in [0.25, 0.3) is 5.56 Å². The lowest BCUT2D eigenvalue weighted by molar-refractivity contribution is -0.130. The van der Waals surface area contributed by atoms with Crippen molar-refractivity contribution in [2.45, 2.75) is 44.7 Å². The lowest BCUT2D eigenvalue weighted by atomic mass is 9.81. The minimum atomic E-state index is 0.119. The molecule has 0 saturated carbocycles. The lowest BCUT2D eigenvalue weighted by Gasteiger charge is -2.47. The van der Waals surface area contributed by atoms with Crippen molar-refractivity contribution in [2.24, 2.45) is 5.92 Å². The molecule has 2 aromatic heterocycles. The number of nitrogens with zero attached hydrogens (tertiary/aromatic N) is 4. The molecule has 6 heteroatoms. The van der Waals surface area contributed by atoms with Gasteiger partial charge in [-0.25, -0.2) is 0 Å². The fraction of sp³-hybridized carbons (Fsp3) is 0.522. The van der Waals surface area contributed by atoms with E-state index in [1.165, 1.54) is 12.1 Å². The van der Waals surface area contributed by atoms with Gasteiger partial charge >= 0.3 is 0 Å². The molecule has 0 N–H and O–H groups in total. The summed E-state index contributed by atoms with van der Waals surface area (Å²) in [5.41, 5.74) is 2.94. The molecule has 2 atom stereocenters. The molecule has 2 aromatic rings. The maximum absolute atomic E-state index is 13.2. The highest BCUT2D eigenvalue weighted by atomic mass is 16.2. The van der Waals surface area contributed by atoms with E-state index in [-0.39, 0.29) is 11.5 Å². The summed E-state index contributed by atoms with van der Waals surface area (Å²) >= 11 is 0. The van der Waals surface area contributed by atoms with Crippen LogP contribution in [-0.2, 0) is 11.3 Å². The van der Waals surface area contributed by atoms with E-state index in [1.807, 2.05) is 27.7 Å². The van der Waals surface area contributed by atoms with Gasteiger partial charge in [0, 0.05) is 80.8 Å². The number of rotatable bonds is 2. The third-order valence-corrected chi connectivity index (χ3v) is 7.03. The van der Waals surface area contributed by atoms with Crippen LogP contribution in [0.2, 0.25) is 0 Å². The van der Waals surface area contributed by atoms with Crippen LogP contribution in [0.1, 0.15) is 37.8 Å². The monoisotopic (exact) mass is 392 g/mol. The van der Waals surface area contributed by atoms with Crippen LogP contribution >= 0.6 is 0 Å². The van der Waals surface area contributed by atoms with E-state index in [4.69, 9.17) is 0 Å². The van der Waals surface area contributed by atoms with Crippen molar-refractivity contribution in [3.8, 4) is 11.1 Å². The molecule has 5 rings (SSSR count). The normalized spacial score (nSPS) is 24.9. The molecule has 152 valence electrons. The first-order chi connectivity index (χ1) is 14.1. The Kier molecular flexibility index (Phi) is 4.74. The molecule has 29 heavy (non-hydrogen) atoms. The summed E-state index contributed by atoms with van der Waals surface area (Å²) in [6, 6.07) is 8.53. The SMILES string of the molecule is CC(=O)N1CCC(N2C[C@H]3C[C@H](C2)c2ccc(-c4cccnc4)c(=O)n2C3)CC1. The third kappa shape index (κ3) is 3.39. The first-order valence-electron chi connectivity index (χ1n) is 10.7. The Morgan fingerprint density at radius 3 is 2.66 bits per heavy atom. The number of amides is 1. The van der Waals surface area contributed by atoms with Crippen molar-refractivity contribution >= 4 is 5.91 Å². The summed E-state index contributed by atoms with van der Waals surface area (Å²) in [4.78, 5) is 33.6. The highest BCUT2D eigenvalue weighted by Gasteiger charge is 2.38. The number of fused-ring (bicyclic) bond motifs is 4. The molecule has 1 amide bonds. The zero-order valence-electron chi connectivity index (χ0n) is 17.0. The van der Waals surface area contributed by atoms with Crippen molar-refractivity contribution in [3.63, 3.8) is 0 Å². The number of hydrogen-bond acceptors (Lipinski definition) is 4. The van der Waals surface area contributed by atoms with Crippen LogP contribution < -0.4 is 5.56 Å². The van der Waals surface area contributed by atoms with Crippen LogP contribution in [0.4, 0.5) is 0 Å². The van der Waals surface area contributed by atoms with E-state index in [0.717, 1.165) is 56.7 Å². The number of likely N-dealkylation sites (tertiary alicyclic amines) is 2. The van der Waals surface area contributed by atoms with E-state index in [2.05, 4.69) is 16.0 Å². The number of hydrogen-bond donors (Lipinski definition) is 0. The predicted octanol–water partition coefficient (Wildman–Crippen LogP) is 2.34. The van der Waals surface area contributed by atoms with Gasteiger partial charge in [0.1, 0.15) is 0 Å². The first-order valence-corrected chi connectivity index (χ1v) is 10.7. The van der Waals surface area contributed by atoms with Gasteiger partial charge in [-0.05, 0) is 43.4 Å². The third-order valence-electron chi connectivity index (χ3n) is 7.03. The molecule has 0 radical (unpaired) electrons. The Hall–Kier alpha value is -2.47. The number of piperidine rings is 2. The van der Waals surface area contributed by atoms with Gasteiger partial charge in [-0.15, -0.1) is 0 Å². The van der Waals surface area contributed by atoms with E-state index in [9.17, 15) is 9.59 Å². The fourth-order valence-corrected chi connectivity index (χ4v) is 5.57. The van der Waals surface area contributed by atoms with Crippen molar-refractivity contribution in [3.05, 3.63) is 52.7 Å². The minimum Gasteiger partial charge on any atom is -0.343 e. The molecule has 0 aliphatic carbocycles. The van der Waals surface area contributed by atoms with Gasteiger partial charge < -0.3 is 9.47 Å². The average Bonchev–Trinajstić information content (AvgIpc) is 2.75. The van der Waals surface area contributed by atoms with Crippen LogP contribution in [0, 0.1) is 5.92 Å². The van der Waals surface area contributed by atoms with Gasteiger partial charge in [0.15, 0.2) is 0 Å². The maximum Gasteiger partial charge on any atom is 0.258 e. The molecule has 6 nitrogen and oxygen atoms in total. The highest BCUT2D eigenvalue weighted by molar-refractivity contribution is 5.73. The second-order valence-corrected chi connectivity index (χ2v) is 8.82. The summed E-state index contributed by atoms with van der Waals surface area (Å²) in [6.07, 6.45) is 6.80. The molecular weight excluding hydrogens is 364 g/mol. The van der Waals surface area contributed by atoms with E-state index in [1.54, 1.807) is 19.3 Å². The molecule has 0 spiro atoms. The quantitative estimate of drug-likeness (QED) is 0.787. The smallest absolute Gasteiger partial charge is 0.258 e. The number of pyridine rings is 2. The van der Waals surface area contributed by atoms with Crippen molar-refractivity contribution in [1.82, 2.24) is 19.4 Å². The number of carbonyl (C=O) groups excluding carboxylic acids is 1. The molecule has 3 aliphatic heterocycles. The Bertz CT molecular complexity index is 963. The average molecular weight is 393 g/mol. The largest absolute Gasteiger partial charge is 0.343 e. The Balaban J connectivity index is 1.37. The first kappa shape index (κ1) is 18.6. The second-order valence-electron chi connectivity index (χ2n) is 8.82. The maximum atomic E-state index is 13.2. The van der Waals surface area contributed by atoms with Gasteiger partial charge in [-0.1, -0.05) is 6.07 Å². The molecular formula is C23H28N4O2. The Morgan fingerprint density at radius 2 is 1.93 bits per heavy atom. The van der Waals surface area contributed by atoms with Crippen molar-refractivity contribution < 1.29 is 4.79 Å². The van der Waals surface area contributed by atoms with Gasteiger partial charge in [-0.3, -0.25) is 19.5 Å². The summed E-state index contributed by atoms with van der Waals surface area (Å²) < 4.78 is 2.02. The molecule has 2 fully saturated rings. The summed E-state index contributed by atoms with van der Waals surface area (Å²) in [5.74, 6) is 1.13. The second kappa shape index (κ2) is 7.41. The molecule has 5 heterocycles. The van der Waals surface area contributed by atoms with Crippen LogP contribution in [0.15, 0.2) is 41.5 Å². The van der Waals surface area contributed by atoms with Crippen molar-refractivity contribution in [1.29, 1.82) is 0 Å². The summed E-state index contributed by atoms with van der Waals surface area (Å²) in [6.45, 7) is 6.30. The zero-order chi connectivity index (χ0) is 20.0. The van der Waals surface area contributed by atoms with Gasteiger partial charge in [-0.2, -0.15) is 0 Å². The van der Waals surface area contributed by atoms with Crippen LogP contribution in [0.3, 0.4) is 0 Å². The summed E-state index contributed by atoms with van der Waals surface area (Å²) in [5, 5.41) is 0. The Morgan fingerprint density at radius 1 is 1.10 bits per heavy atom. The van der Waals surface area contributed by atoms with Crippen LogP contribution in [-0.4, -0.2) is 57.5 Å².